The molecule has 4 nitrogen and oxygen atoms in total. The van der Waals surface area contributed by atoms with E-state index in [-0.39, 0.29) is 6.42 Å². The Labute approximate surface area is 116 Å². The summed E-state index contributed by atoms with van der Waals surface area (Å²) in [6, 6.07) is 8.27. The minimum absolute atomic E-state index is 0.00572. The van der Waals surface area contributed by atoms with E-state index in [1.807, 2.05) is 25.5 Å². The fraction of sp³-hybridized carbons (Fsp3) is 0.286. The Morgan fingerprint density at radius 2 is 2.21 bits per heavy atom. The van der Waals surface area contributed by atoms with E-state index in [0.717, 1.165) is 17.1 Å². The SMILES string of the molecule is CN(C)c1cccc(Cc2nc(CC(=O)O)cs2)c1. The van der Waals surface area contributed by atoms with Gasteiger partial charge in [-0.15, -0.1) is 11.3 Å². The van der Waals surface area contributed by atoms with E-state index in [1.165, 1.54) is 16.9 Å². The first kappa shape index (κ1) is 13.5. The van der Waals surface area contributed by atoms with Crippen molar-refractivity contribution in [2.45, 2.75) is 12.8 Å². The molecule has 0 fully saturated rings. The largest absolute Gasteiger partial charge is 0.481 e. The molecule has 0 aliphatic rings. The van der Waals surface area contributed by atoms with Crippen molar-refractivity contribution in [3.8, 4) is 0 Å². The summed E-state index contributed by atoms with van der Waals surface area (Å²) in [7, 11) is 4.01. The average molecular weight is 276 g/mol. The van der Waals surface area contributed by atoms with E-state index >= 15 is 0 Å². The van der Waals surface area contributed by atoms with Gasteiger partial charge in [-0.3, -0.25) is 4.79 Å². The van der Waals surface area contributed by atoms with Crippen LogP contribution in [-0.4, -0.2) is 30.2 Å². The van der Waals surface area contributed by atoms with Gasteiger partial charge in [-0.2, -0.15) is 0 Å². The van der Waals surface area contributed by atoms with Gasteiger partial charge in [-0.1, -0.05) is 12.1 Å². The van der Waals surface area contributed by atoms with Gasteiger partial charge in [0.05, 0.1) is 17.1 Å². The Hall–Kier alpha value is -1.88. The van der Waals surface area contributed by atoms with Crippen LogP contribution in [0.5, 0.6) is 0 Å². The molecule has 2 rings (SSSR count). The summed E-state index contributed by atoms with van der Waals surface area (Å²) in [6.45, 7) is 0. The van der Waals surface area contributed by atoms with Gasteiger partial charge in [0.2, 0.25) is 0 Å². The number of hydrogen-bond donors (Lipinski definition) is 1. The second-order valence-electron chi connectivity index (χ2n) is 4.54. The molecule has 2 aromatic rings. The number of benzene rings is 1. The lowest BCUT2D eigenvalue weighted by Crippen LogP contribution is -2.08. The van der Waals surface area contributed by atoms with Crippen LogP contribution in [0.2, 0.25) is 0 Å². The highest BCUT2D eigenvalue weighted by molar-refractivity contribution is 7.09. The summed E-state index contributed by atoms with van der Waals surface area (Å²) in [5, 5.41) is 11.5. The van der Waals surface area contributed by atoms with E-state index in [4.69, 9.17) is 5.11 Å². The van der Waals surface area contributed by atoms with Crippen molar-refractivity contribution in [2.75, 3.05) is 19.0 Å². The summed E-state index contributed by atoms with van der Waals surface area (Å²) in [4.78, 5) is 17.0. The van der Waals surface area contributed by atoms with Crippen molar-refractivity contribution >= 4 is 23.0 Å². The summed E-state index contributed by atoms with van der Waals surface area (Å²) in [5.74, 6) is -0.841. The summed E-state index contributed by atoms with van der Waals surface area (Å²) in [5.41, 5.74) is 2.97. The van der Waals surface area contributed by atoms with E-state index in [0.29, 0.717) is 5.69 Å². The van der Waals surface area contributed by atoms with Crippen molar-refractivity contribution in [1.29, 1.82) is 0 Å². The van der Waals surface area contributed by atoms with Crippen LogP contribution in [0.4, 0.5) is 5.69 Å². The number of nitrogens with zero attached hydrogens (tertiary/aromatic N) is 2. The fourth-order valence-corrected chi connectivity index (χ4v) is 2.61. The maximum Gasteiger partial charge on any atom is 0.309 e. The number of carboxylic acid groups (broad SMARTS) is 1. The van der Waals surface area contributed by atoms with Crippen molar-refractivity contribution in [3.05, 3.63) is 45.9 Å². The maximum atomic E-state index is 10.6. The van der Waals surface area contributed by atoms with Gasteiger partial charge in [0.1, 0.15) is 0 Å². The third-order valence-corrected chi connectivity index (χ3v) is 3.61. The van der Waals surface area contributed by atoms with Crippen molar-refractivity contribution in [2.24, 2.45) is 0 Å². The number of hydrogen-bond acceptors (Lipinski definition) is 4. The molecule has 0 saturated heterocycles. The molecule has 1 heterocycles. The fourth-order valence-electron chi connectivity index (χ4n) is 1.79. The maximum absolute atomic E-state index is 10.6. The summed E-state index contributed by atoms with van der Waals surface area (Å²) >= 11 is 1.51. The first-order valence-electron chi connectivity index (χ1n) is 5.96. The van der Waals surface area contributed by atoms with E-state index < -0.39 is 5.97 Å². The molecule has 100 valence electrons. The quantitative estimate of drug-likeness (QED) is 0.911. The standard InChI is InChI=1S/C14H16N2O2S/c1-16(2)12-5-3-4-10(6-12)7-13-15-11(9-19-13)8-14(17)18/h3-6,9H,7-8H2,1-2H3,(H,17,18). The molecule has 0 radical (unpaired) electrons. The normalized spacial score (nSPS) is 10.4. The Balaban J connectivity index is 2.10. The van der Waals surface area contributed by atoms with Crippen LogP contribution < -0.4 is 4.90 Å². The highest BCUT2D eigenvalue weighted by Gasteiger charge is 2.07. The topological polar surface area (TPSA) is 53.4 Å². The predicted molar refractivity (Wildman–Crippen MR) is 77.0 cm³/mol. The van der Waals surface area contributed by atoms with E-state index in [2.05, 4.69) is 28.1 Å². The Kier molecular flexibility index (Phi) is 4.16. The molecule has 0 amide bonds. The second-order valence-corrected chi connectivity index (χ2v) is 5.49. The first-order valence-corrected chi connectivity index (χ1v) is 6.84. The first-order chi connectivity index (χ1) is 9.04. The van der Waals surface area contributed by atoms with Crippen molar-refractivity contribution < 1.29 is 9.90 Å². The van der Waals surface area contributed by atoms with Gasteiger partial charge < -0.3 is 10.0 Å². The molecule has 0 spiro atoms. The predicted octanol–water partition coefficient (Wildman–Crippen LogP) is 2.43. The molecule has 1 N–H and O–H groups in total. The molecule has 0 bridgehead atoms. The third-order valence-electron chi connectivity index (χ3n) is 2.71. The highest BCUT2D eigenvalue weighted by Crippen LogP contribution is 2.19. The number of thiazole rings is 1. The Morgan fingerprint density at radius 3 is 2.89 bits per heavy atom. The Bertz CT molecular complexity index is 578. The summed E-state index contributed by atoms with van der Waals surface area (Å²) in [6.07, 6.45) is 0.736. The molecule has 0 aliphatic heterocycles. The zero-order chi connectivity index (χ0) is 13.8. The van der Waals surface area contributed by atoms with Gasteiger partial charge in [0, 0.05) is 31.6 Å². The van der Waals surface area contributed by atoms with Crippen molar-refractivity contribution in [1.82, 2.24) is 4.98 Å². The van der Waals surface area contributed by atoms with Crippen LogP contribution in [0.1, 0.15) is 16.3 Å². The minimum atomic E-state index is -0.841. The molecule has 5 heteroatoms. The van der Waals surface area contributed by atoms with Gasteiger partial charge >= 0.3 is 5.97 Å². The third kappa shape index (κ3) is 3.79. The summed E-state index contributed by atoms with van der Waals surface area (Å²) < 4.78 is 0. The van der Waals surface area contributed by atoms with Crippen LogP contribution in [0, 0.1) is 0 Å². The van der Waals surface area contributed by atoms with Crippen molar-refractivity contribution in [3.63, 3.8) is 0 Å². The molecule has 19 heavy (non-hydrogen) atoms. The molecule has 1 aromatic carbocycles. The van der Waals surface area contributed by atoms with Gasteiger partial charge in [0.15, 0.2) is 0 Å². The Morgan fingerprint density at radius 1 is 1.42 bits per heavy atom. The zero-order valence-corrected chi connectivity index (χ0v) is 11.8. The smallest absolute Gasteiger partial charge is 0.309 e. The molecular formula is C14H16N2O2S. The average Bonchev–Trinajstić information content (AvgIpc) is 2.76. The van der Waals surface area contributed by atoms with Crippen LogP contribution in [-0.2, 0) is 17.6 Å². The molecule has 0 aliphatic carbocycles. The van der Waals surface area contributed by atoms with Gasteiger partial charge in [0.25, 0.3) is 0 Å². The highest BCUT2D eigenvalue weighted by atomic mass is 32.1. The number of carbonyl (C=O) groups is 1. The lowest BCUT2D eigenvalue weighted by molar-refractivity contribution is -0.136. The minimum Gasteiger partial charge on any atom is -0.481 e. The van der Waals surface area contributed by atoms with Crippen LogP contribution in [0.15, 0.2) is 29.6 Å². The van der Waals surface area contributed by atoms with Crippen LogP contribution >= 0.6 is 11.3 Å². The lowest BCUT2D eigenvalue weighted by Gasteiger charge is -2.13. The number of aliphatic carboxylic acids is 1. The zero-order valence-electron chi connectivity index (χ0n) is 11.0. The van der Waals surface area contributed by atoms with E-state index in [1.54, 1.807) is 0 Å². The number of rotatable bonds is 5. The lowest BCUT2D eigenvalue weighted by atomic mass is 10.1. The van der Waals surface area contributed by atoms with Gasteiger partial charge in [-0.05, 0) is 17.7 Å². The van der Waals surface area contributed by atoms with E-state index in [9.17, 15) is 4.79 Å². The van der Waals surface area contributed by atoms with Gasteiger partial charge in [-0.25, -0.2) is 4.98 Å². The molecule has 0 saturated carbocycles. The number of aromatic nitrogens is 1. The molecule has 0 unspecified atom stereocenters. The monoisotopic (exact) mass is 276 g/mol. The van der Waals surface area contributed by atoms with Crippen LogP contribution in [0.25, 0.3) is 0 Å². The van der Waals surface area contributed by atoms with Crippen LogP contribution in [0.3, 0.4) is 0 Å². The molecule has 1 aromatic heterocycles. The molecule has 0 atom stereocenters. The second kappa shape index (κ2) is 5.84. The molecular weight excluding hydrogens is 260 g/mol. The number of anilines is 1. The number of carboxylic acids is 1.